The van der Waals surface area contributed by atoms with Crippen molar-refractivity contribution in [2.24, 2.45) is 5.92 Å². The fourth-order valence-electron chi connectivity index (χ4n) is 6.09. The van der Waals surface area contributed by atoms with Crippen molar-refractivity contribution in [2.45, 2.75) is 31.8 Å². The van der Waals surface area contributed by atoms with Crippen LogP contribution in [-0.4, -0.2) is 101 Å². The van der Waals surface area contributed by atoms with Gasteiger partial charge >= 0.3 is 6.01 Å². The molecule has 2 fully saturated rings. The summed E-state index contributed by atoms with van der Waals surface area (Å²) in [6, 6.07) is 1.53. The van der Waals surface area contributed by atoms with E-state index in [4.69, 9.17) is 44.5 Å². The Kier molecular flexibility index (Phi) is 8.80. The third-order valence-corrected chi connectivity index (χ3v) is 9.28. The van der Waals surface area contributed by atoms with E-state index in [1.54, 1.807) is 12.3 Å². The van der Waals surface area contributed by atoms with E-state index < -0.39 is 17.8 Å². The molecule has 6 rings (SSSR count). The Hall–Kier alpha value is -3.66. The van der Waals surface area contributed by atoms with Gasteiger partial charge in [0.25, 0.3) is 5.91 Å². The topological polar surface area (TPSA) is 98.1 Å². The number of nitrogens with zero attached hydrogens (tertiary/aromatic N) is 8. The zero-order valence-corrected chi connectivity index (χ0v) is 26.0. The van der Waals surface area contributed by atoms with E-state index in [1.807, 2.05) is 0 Å². The number of carbonyl (C=O) groups is 1. The summed E-state index contributed by atoms with van der Waals surface area (Å²) in [5.74, 6) is -0.312. The van der Waals surface area contributed by atoms with Crippen LogP contribution in [0.2, 0.25) is 10.0 Å². The number of aromatic nitrogens is 4. The third kappa shape index (κ3) is 6.27. The molecule has 2 aliphatic heterocycles. The first-order chi connectivity index (χ1) is 21.2. The third-order valence-electron chi connectivity index (χ3n) is 8.50. The molecule has 1 amide bonds. The minimum Gasteiger partial charge on any atom is -0.462 e. The second kappa shape index (κ2) is 12.8. The molecule has 2 aromatic heterocycles. The molecular formula is C30H34Cl2FN9O2. The minimum absolute atomic E-state index is 0.0429. The van der Waals surface area contributed by atoms with E-state index in [0.717, 1.165) is 46.9 Å². The number of anilines is 2. The summed E-state index contributed by atoms with van der Waals surface area (Å²) in [4.78, 5) is 33.6. The molecule has 0 bridgehead atoms. The minimum atomic E-state index is -1.03. The van der Waals surface area contributed by atoms with Crippen molar-refractivity contribution in [3.05, 3.63) is 57.4 Å². The van der Waals surface area contributed by atoms with Gasteiger partial charge in [0.2, 0.25) is 6.54 Å². The van der Waals surface area contributed by atoms with Crippen LogP contribution >= 0.6 is 23.2 Å². The maximum atomic E-state index is 13.8. The predicted molar refractivity (Wildman–Crippen MR) is 168 cm³/mol. The molecule has 0 radical (unpaired) electrons. The predicted octanol–water partition coefficient (Wildman–Crippen LogP) is 4.36. The zero-order chi connectivity index (χ0) is 31.0. The van der Waals surface area contributed by atoms with Crippen LogP contribution in [0.15, 0.2) is 24.7 Å². The van der Waals surface area contributed by atoms with Gasteiger partial charge in [-0.2, -0.15) is 15.1 Å². The Morgan fingerprint density at radius 1 is 1.27 bits per heavy atom. The average Bonchev–Trinajstić information content (AvgIpc) is 3.70. The monoisotopic (exact) mass is 641 g/mol. The van der Waals surface area contributed by atoms with Crippen LogP contribution in [0.4, 0.5) is 15.9 Å². The molecule has 0 spiro atoms. The number of carbonyl (C=O) groups excluding carboxylic acids is 1. The molecule has 11 nitrogen and oxygen atoms in total. The molecular weight excluding hydrogens is 608 g/mol. The van der Waals surface area contributed by atoms with E-state index in [1.165, 1.54) is 17.7 Å². The SMILES string of the molecule is [C-]#[N+]C[C@H]1CN(c2nc(OCCN(C)CC3CC3)nc3c2CCN(c2c(Cl)c(Cl)cc4[nH]ncc24)C3)CCN1C(=O)C(=C)F. The zero-order valence-electron chi connectivity index (χ0n) is 24.5. The van der Waals surface area contributed by atoms with Gasteiger partial charge in [-0.15, -0.1) is 0 Å². The van der Waals surface area contributed by atoms with Gasteiger partial charge in [-0.05, 0) is 38.3 Å². The lowest BCUT2D eigenvalue weighted by atomic mass is 10.0. The lowest BCUT2D eigenvalue weighted by Gasteiger charge is -2.41. The number of likely N-dealkylation sites (N-methyl/N-ethyl adjacent to an activating group) is 1. The molecule has 1 aliphatic carbocycles. The quantitative estimate of drug-likeness (QED) is 0.258. The van der Waals surface area contributed by atoms with Crippen LogP contribution < -0.4 is 14.5 Å². The van der Waals surface area contributed by atoms with Crippen molar-refractivity contribution >= 4 is 51.5 Å². The normalized spacial score (nSPS) is 18.5. The van der Waals surface area contributed by atoms with Gasteiger partial charge in [-0.3, -0.25) is 9.89 Å². The molecule has 44 heavy (non-hydrogen) atoms. The summed E-state index contributed by atoms with van der Waals surface area (Å²) < 4.78 is 19.9. The molecule has 0 unspecified atom stereocenters. The molecule has 232 valence electrons. The molecule has 1 saturated heterocycles. The first-order valence-electron chi connectivity index (χ1n) is 14.7. The van der Waals surface area contributed by atoms with Gasteiger partial charge in [0.15, 0.2) is 5.83 Å². The van der Waals surface area contributed by atoms with Crippen molar-refractivity contribution in [2.75, 3.05) is 69.3 Å². The highest BCUT2D eigenvalue weighted by Gasteiger charge is 2.36. The van der Waals surface area contributed by atoms with Crippen molar-refractivity contribution in [1.82, 2.24) is 30.0 Å². The van der Waals surface area contributed by atoms with Crippen LogP contribution in [0.5, 0.6) is 6.01 Å². The summed E-state index contributed by atoms with van der Waals surface area (Å²) in [6.45, 7) is 14.9. The summed E-state index contributed by atoms with van der Waals surface area (Å²) in [5.41, 5.74) is 3.34. The molecule has 4 heterocycles. The Balaban J connectivity index is 1.30. The van der Waals surface area contributed by atoms with E-state index in [9.17, 15) is 9.18 Å². The largest absolute Gasteiger partial charge is 0.462 e. The molecule has 1 atom stereocenters. The highest BCUT2D eigenvalue weighted by Crippen LogP contribution is 2.41. The van der Waals surface area contributed by atoms with Crippen molar-refractivity contribution in [3.63, 3.8) is 0 Å². The molecule has 3 aliphatic rings. The van der Waals surface area contributed by atoms with Crippen molar-refractivity contribution in [3.8, 4) is 6.01 Å². The summed E-state index contributed by atoms with van der Waals surface area (Å²) >= 11 is 13.2. The number of ether oxygens (including phenoxy) is 1. The molecule has 1 saturated carbocycles. The maximum Gasteiger partial charge on any atom is 0.318 e. The number of halogens is 3. The van der Waals surface area contributed by atoms with E-state index in [0.29, 0.717) is 55.1 Å². The number of H-pyrrole nitrogens is 1. The van der Waals surface area contributed by atoms with Crippen molar-refractivity contribution < 1.29 is 13.9 Å². The number of aromatic amines is 1. The van der Waals surface area contributed by atoms with Crippen LogP contribution in [0.25, 0.3) is 15.7 Å². The van der Waals surface area contributed by atoms with Crippen molar-refractivity contribution in [1.29, 1.82) is 0 Å². The average molecular weight is 643 g/mol. The number of hydrogen-bond acceptors (Lipinski definition) is 8. The van der Waals surface area contributed by atoms with Gasteiger partial charge in [-0.25, -0.2) is 11.0 Å². The van der Waals surface area contributed by atoms with Crippen LogP contribution in [0.1, 0.15) is 24.1 Å². The Bertz CT molecular complexity index is 1620. The Labute approximate surface area is 265 Å². The highest BCUT2D eigenvalue weighted by molar-refractivity contribution is 6.45. The molecule has 1 aromatic carbocycles. The number of fused-ring (bicyclic) bond motifs is 2. The second-order valence-electron chi connectivity index (χ2n) is 11.7. The number of benzene rings is 1. The van der Waals surface area contributed by atoms with E-state index in [-0.39, 0.29) is 19.1 Å². The summed E-state index contributed by atoms with van der Waals surface area (Å²) in [7, 11) is 2.09. The van der Waals surface area contributed by atoms with Gasteiger partial charge in [0.1, 0.15) is 18.5 Å². The lowest BCUT2D eigenvalue weighted by Crippen LogP contribution is -2.57. The summed E-state index contributed by atoms with van der Waals surface area (Å²) in [6.07, 6.45) is 4.93. The van der Waals surface area contributed by atoms with Gasteiger partial charge in [-0.1, -0.05) is 29.8 Å². The van der Waals surface area contributed by atoms with Crippen LogP contribution in [0, 0.1) is 12.5 Å². The number of nitrogens with one attached hydrogen (secondary N) is 1. The number of rotatable bonds is 10. The second-order valence-corrected chi connectivity index (χ2v) is 12.5. The maximum absolute atomic E-state index is 13.8. The number of piperazine rings is 1. The lowest BCUT2D eigenvalue weighted by molar-refractivity contribution is -0.131. The number of amides is 1. The first kappa shape index (κ1) is 30.4. The van der Waals surface area contributed by atoms with Gasteiger partial charge in [0, 0.05) is 50.2 Å². The van der Waals surface area contributed by atoms with Gasteiger partial charge in [0.05, 0.1) is 39.7 Å². The summed E-state index contributed by atoms with van der Waals surface area (Å²) in [5, 5.41) is 8.91. The molecule has 3 aromatic rings. The number of hydrogen-bond donors (Lipinski definition) is 1. The Morgan fingerprint density at radius 2 is 2.09 bits per heavy atom. The van der Waals surface area contributed by atoms with E-state index >= 15 is 0 Å². The van der Waals surface area contributed by atoms with Crippen LogP contribution in [-0.2, 0) is 17.8 Å². The highest BCUT2D eigenvalue weighted by atomic mass is 35.5. The molecule has 1 N–H and O–H groups in total. The smallest absolute Gasteiger partial charge is 0.318 e. The van der Waals surface area contributed by atoms with Gasteiger partial charge < -0.3 is 29.2 Å². The van der Waals surface area contributed by atoms with E-state index in [2.05, 4.69) is 43.4 Å². The fraction of sp³-hybridized carbons (Fsp3) is 0.500. The molecule has 14 heteroatoms. The first-order valence-corrected chi connectivity index (χ1v) is 15.5. The van der Waals surface area contributed by atoms with Crippen LogP contribution in [0.3, 0.4) is 0 Å². The Morgan fingerprint density at radius 3 is 2.84 bits per heavy atom. The standard InChI is InChI=1S/C30H34Cl2FN9O2/c1-18(33)29(43)42-9-8-41(16-20(42)13-34-2)28-21-6-7-40(27-22-14-35-38-24(22)12-23(31)26(27)32)17-25(21)36-30(37-28)44-11-10-39(3)15-19-4-5-19/h12,14,19-20H,1,4-11,13,15-17H2,3H3,(H,35,38)/t20-/m0/s1. The fourth-order valence-corrected chi connectivity index (χ4v) is 6.56.